The maximum atomic E-state index is 10.3. The highest BCUT2D eigenvalue weighted by Gasteiger charge is 1.95. The Balaban J connectivity index is 0. The minimum absolute atomic E-state index is 0.338. The van der Waals surface area contributed by atoms with Crippen molar-refractivity contribution in [3.8, 4) is 0 Å². The summed E-state index contributed by atoms with van der Waals surface area (Å²) in [5.74, 6) is 0.662. The van der Waals surface area contributed by atoms with Gasteiger partial charge in [0.05, 0.1) is 6.10 Å². The zero-order chi connectivity index (χ0) is 16.8. The molecule has 0 amide bonds. The van der Waals surface area contributed by atoms with Gasteiger partial charge in [0, 0.05) is 23.4 Å². The van der Waals surface area contributed by atoms with Crippen LogP contribution < -0.4 is 17.2 Å². The minimum atomic E-state index is -0.338. The van der Waals surface area contributed by atoms with Gasteiger partial charge in [0.15, 0.2) is 0 Å². The van der Waals surface area contributed by atoms with Crippen LogP contribution in [0.1, 0.15) is 41.5 Å². The zero-order valence-electron chi connectivity index (χ0n) is 13.0. The van der Waals surface area contributed by atoms with Crippen LogP contribution in [0.4, 0.5) is 5.69 Å². The molecule has 0 aliphatic heterocycles. The molecule has 21 heavy (non-hydrogen) atoms. The second kappa shape index (κ2) is 13.2. The third-order valence-electron chi connectivity index (χ3n) is 2.08. The molecule has 7 N–H and O–H groups in total. The highest BCUT2D eigenvalue weighted by Crippen LogP contribution is 2.08. The zero-order valence-corrected chi connectivity index (χ0v) is 13.0. The van der Waals surface area contributed by atoms with Crippen molar-refractivity contribution < 1.29 is 14.7 Å². The van der Waals surface area contributed by atoms with Crippen LogP contribution in [0.2, 0.25) is 0 Å². The van der Waals surface area contributed by atoms with Crippen molar-refractivity contribution in [2.24, 2.45) is 17.4 Å². The van der Waals surface area contributed by atoms with E-state index in [-0.39, 0.29) is 6.10 Å². The summed E-state index contributed by atoms with van der Waals surface area (Å²) in [4.78, 5) is 20.5. The van der Waals surface area contributed by atoms with E-state index in [1.54, 1.807) is 6.92 Å². The van der Waals surface area contributed by atoms with Gasteiger partial charge in [-0.15, -0.1) is 0 Å². The van der Waals surface area contributed by atoms with Crippen molar-refractivity contribution in [2.75, 3.05) is 18.8 Å². The fraction of sp³-hybridized carbons (Fsp3) is 0.467. The van der Waals surface area contributed by atoms with E-state index in [1.165, 1.54) is 18.2 Å². The number of hydrogen-bond donors (Lipinski definition) is 4. The molecule has 1 unspecified atom stereocenters. The molecule has 0 aromatic heterocycles. The van der Waals surface area contributed by atoms with Crippen LogP contribution in [-0.4, -0.2) is 36.9 Å². The van der Waals surface area contributed by atoms with Crippen LogP contribution in [0, 0.1) is 5.92 Å². The first-order chi connectivity index (χ1) is 9.80. The van der Waals surface area contributed by atoms with Crippen molar-refractivity contribution in [1.29, 1.82) is 0 Å². The van der Waals surface area contributed by atoms with Crippen LogP contribution in [0.25, 0.3) is 0 Å². The molecule has 0 heterocycles. The third kappa shape index (κ3) is 14.5. The first-order valence-corrected chi connectivity index (χ1v) is 6.69. The molecule has 0 aliphatic rings. The second-order valence-corrected chi connectivity index (χ2v) is 4.88. The Morgan fingerprint density at radius 3 is 1.52 bits per heavy atom. The summed E-state index contributed by atoms with van der Waals surface area (Å²) in [6.45, 7) is 7.01. The Kier molecular flexibility index (Phi) is 13.6. The van der Waals surface area contributed by atoms with Gasteiger partial charge >= 0.3 is 0 Å². The molecule has 6 heteroatoms. The van der Waals surface area contributed by atoms with Gasteiger partial charge in [-0.2, -0.15) is 0 Å². The predicted molar refractivity (Wildman–Crippen MR) is 86.3 cm³/mol. The Morgan fingerprint density at radius 1 is 1.00 bits per heavy atom. The molecule has 0 aliphatic carbocycles. The normalized spacial score (nSPS) is 10.6. The van der Waals surface area contributed by atoms with E-state index >= 15 is 0 Å². The minimum Gasteiger partial charge on any atom is -0.399 e. The summed E-state index contributed by atoms with van der Waals surface area (Å²) in [5.41, 5.74) is 16.8. The fourth-order valence-corrected chi connectivity index (χ4v) is 0.838. The summed E-state index contributed by atoms with van der Waals surface area (Å²) in [7, 11) is 0. The molecular formula is C15H27N3O3. The van der Waals surface area contributed by atoms with E-state index in [1.807, 2.05) is 0 Å². The maximum absolute atomic E-state index is 10.3. The number of carbonyl (C=O) groups excluding carboxylic acids is 2. The molecule has 0 bridgehead atoms. The SMILES string of the molecule is CC(C)CN.CC(O)CN.Nc1cc(C=O)cc(C=O)c1. The van der Waals surface area contributed by atoms with Gasteiger partial charge in [-0.3, -0.25) is 9.59 Å². The first-order valence-electron chi connectivity index (χ1n) is 6.69. The number of benzene rings is 1. The Bertz CT molecular complexity index is 373. The van der Waals surface area contributed by atoms with Gasteiger partial charge in [-0.05, 0) is 37.6 Å². The molecule has 0 radical (unpaired) electrons. The lowest BCUT2D eigenvalue weighted by molar-refractivity contribution is 0.112. The van der Waals surface area contributed by atoms with Crippen molar-refractivity contribution in [1.82, 2.24) is 0 Å². The lowest BCUT2D eigenvalue weighted by Gasteiger charge is -1.95. The summed E-state index contributed by atoms with van der Waals surface area (Å²) in [5, 5.41) is 8.24. The summed E-state index contributed by atoms with van der Waals surface area (Å²) in [6, 6.07) is 4.51. The van der Waals surface area contributed by atoms with Crippen LogP contribution in [0.15, 0.2) is 18.2 Å². The van der Waals surface area contributed by atoms with E-state index in [4.69, 9.17) is 22.3 Å². The van der Waals surface area contributed by atoms with Gasteiger partial charge in [0.25, 0.3) is 0 Å². The number of nitrogen functional groups attached to an aromatic ring is 1. The Hall–Kier alpha value is -1.76. The topological polar surface area (TPSA) is 132 Å². The molecule has 120 valence electrons. The van der Waals surface area contributed by atoms with E-state index < -0.39 is 0 Å². The molecule has 0 spiro atoms. The molecule has 0 saturated carbocycles. The van der Waals surface area contributed by atoms with Crippen molar-refractivity contribution in [3.63, 3.8) is 0 Å². The van der Waals surface area contributed by atoms with Crippen molar-refractivity contribution in [2.45, 2.75) is 26.9 Å². The highest BCUT2D eigenvalue weighted by molar-refractivity contribution is 5.84. The Labute approximate surface area is 126 Å². The lowest BCUT2D eigenvalue weighted by Crippen LogP contribution is -2.14. The van der Waals surface area contributed by atoms with Crippen LogP contribution in [0.5, 0.6) is 0 Å². The van der Waals surface area contributed by atoms with E-state index in [0.29, 0.717) is 41.8 Å². The molecule has 0 saturated heterocycles. The van der Waals surface area contributed by atoms with E-state index in [0.717, 1.165) is 6.54 Å². The molecule has 0 fully saturated rings. The lowest BCUT2D eigenvalue weighted by atomic mass is 10.1. The van der Waals surface area contributed by atoms with Gasteiger partial charge in [-0.1, -0.05) is 13.8 Å². The number of hydrogen-bond acceptors (Lipinski definition) is 6. The van der Waals surface area contributed by atoms with Crippen molar-refractivity contribution >= 4 is 18.3 Å². The largest absolute Gasteiger partial charge is 0.399 e. The number of aldehydes is 2. The van der Waals surface area contributed by atoms with Crippen LogP contribution >= 0.6 is 0 Å². The summed E-state index contributed by atoms with van der Waals surface area (Å²) < 4.78 is 0. The van der Waals surface area contributed by atoms with E-state index in [2.05, 4.69) is 13.8 Å². The standard InChI is InChI=1S/C8H7NO2.C4H11N.C3H9NO/c9-8-2-6(4-10)1-7(3-8)5-11;1-4(2)3-5;1-3(5)2-4/h1-5H,9H2;4H,3,5H2,1-2H3;3,5H,2,4H2,1H3. The average molecular weight is 297 g/mol. The van der Waals surface area contributed by atoms with Crippen LogP contribution in [-0.2, 0) is 0 Å². The second-order valence-electron chi connectivity index (χ2n) is 4.88. The first kappa shape index (κ1) is 21.5. The van der Waals surface area contributed by atoms with Gasteiger partial charge in [0.2, 0.25) is 0 Å². The predicted octanol–water partition coefficient (Wildman–Crippen LogP) is 0.821. The quantitative estimate of drug-likeness (QED) is 0.480. The highest BCUT2D eigenvalue weighted by atomic mass is 16.3. The van der Waals surface area contributed by atoms with Gasteiger partial charge < -0.3 is 22.3 Å². The van der Waals surface area contributed by atoms with Gasteiger partial charge in [0.1, 0.15) is 12.6 Å². The fourth-order valence-electron chi connectivity index (χ4n) is 0.838. The van der Waals surface area contributed by atoms with Crippen LogP contribution in [0.3, 0.4) is 0 Å². The number of aliphatic hydroxyl groups excluding tert-OH is 1. The third-order valence-corrected chi connectivity index (χ3v) is 2.08. The summed E-state index contributed by atoms with van der Waals surface area (Å²) in [6.07, 6.45) is 0.974. The number of carbonyl (C=O) groups is 2. The maximum Gasteiger partial charge on any atom is 0.150 e. The molecule has 1 atom stereocenters. The molecular weight excluding hydrogens is 270 g/mol. The monoisotopic (exact) mass is 297 g/mol. The van der Waals surface area contributed by atoms with Crippen molar-refractivity contribution in [3.05, 3.63) is 29.3 Å². The molecule has 1 rings (SSSR count). The van der Waals surface area contributed by atoms with E-state index in [9.17, 15) is 9.59 Å². The Morgan fingerprint density at radius 2 is 1.33 bits per heavy atom. The summed E-state index contributed by atoms with van der Waals surface area (Å²) >= 11 is 0. The number of rotatable bonds is 4. The van der Waals surface area contributed by atoms with Gasteiger partial charge in [-0.25, -0.2) is 0 Å². The molecule has 1 aromatic rings. The number of anilines is 1. The number of aliphatic hydroxyl groups is 1. The molecule has 6 nitrogen and oxygen atoms in total. The molecule has 1 aromatic carbocycles. The smallest absolute Gasteiger partial charge is 0.150 e. The average Bonchev–Trinajstić information content (AvgIpc) is 2.47. The number of nitrogens with two attached hydrogens (primary N) is 3.